The summed E-state index contributed by atoms with van der Waals surface area (Å²) in [6.07, 6.45) is 1.76. The van der Waals surface area contributed by atoms with Crippen LogP contribution < -0.4 is 4.74 Å². The Labute approximate surface area is 80.7 Å². The number of hydrogen-bond donors (Lipinski definition) is 1. The number of ether oxygens (including phenoxy) is 1. The van der Waals surface area contributed by atoms with Gasteiger partial charge in [-0.3, -0.25) is 0 Å². The summed E-state index contributed by atoms with van der Waals surface area (Å²) in [6, 6.07) is 3.17. The van der Waals surface area contributed by atoms with Crippen molar-refractivity contribution >= 4 is 11.8 Å². The smallest absolute Gasteiger partial charge is 0.178 e. The fourth-order valence-corrected chi connectivity index (χ4v) is 1.76. The minimum absolute atomic E-state index is 0.156. The summed E-state index contributed by atoms with van der Waals surface area (Å²) in [5, 5.41) is 8.92. The molecular weight excluding hydrogens is 191 g/mol. The quantitative estimate of drug-likeness (QED) is 0.761. The predicted octanol–water partition coefficient (Wildman–Crippen LogP) is 2.05. The molecule has 13 heavy (non-hydrogen) atoms. The molecule has 72 valence electrons. The van der Waals surface area contributed by atoms with E-state index in [0.29, 0.717) is 10.5 Å². The standard InChI is InChI=1S/C9H11FO2S/c1-12-7-4-3-6(5-11)9(13-2)8(7)10/h3-4,11H,5H2,1-2H3. The van der Waals surface area contributed by atoms with Gasteiger partial charge >= 0.3 is 0 Å². The highest BCUT2D eigenvalue weighted by Crippen LogP contribution is 2.30. The summed E-state index contributed by atoms with van der Waals surface area (Å²) >= 11 is 1.26. The zero-order valence-electron chi connectivity index (χ0n) is 7.50. The van der Waals surface area contributed by atoms with E-state index in [4.69, 9.17) is 9.84 Å². The van der Waals surface area contributed by atoms with Crippen LogP contribution in [0.5, 0.6) is 5.75 Å². The van der Waals surface area contributed by atoms with Crippen molar-refractivity contribution in [3.05, 3.63) is 23.5 Å². The van der Waals surface area contributed by atoms with Crippen molar-refractivity contribution in [1.29, 1.82) is 0 Å². The van der Waals surface area contributed by atoms with Crippen molar-refractivity contribution in [2.24, 2.45) is 0 Å². The van der Waals surface area contributed by atoms with Crippen molar-refractivity contribution in [3.8, 4) is 5.75 Å². The Balaban J connectivity index is 3.23. The fraction of sp³-hybridized carbons (Fsp3) is 0.333. The lowest BCUT2D eigenvalue weighted by molar-refractivity contribution is 0.276. The maximum Gasteiger partial charge on any atom is 0.178 e. The van der Waals surface area contributed by atoms with E-state index in [0.717, 1.165) is 0 Å². The van der Waals surface area contributed by atoms with E-state index in [1.807, 2.05) is 0 Å². The van der Waals surface area contributed by atoms with Gasteiger partial charge in [-0.05, 0) is 17.9 Å². The lowest BCUT2D eigenvalue weighted by atomic mass is 10.2. The zero-order valence-corrected chi connectivity index (χ0v) is 8.32. The zero-order chi connectivity index (χ0) is 9.84. The molecule has 0 aliphatic heterocycles. The number of thioether (sulfide) groups is 1. The van der Waals surface area contributed by atoms with Crippen molar-refractivity contribution in [1.82, 2.24) is 0 Å². The monoisotopic (exact) mass is 202 g/mol. The molecule has 0 spiro atoms. The summed E-state index contributed by atoms with van der Waals surface area (Å²) in [4.78, 5) is 0.446. The second-order valence-corrected chi connectivity index (χ2v) is 3.25. The van der Waals surface area contributed by atoms with Crippen molar-refractivity contribution in [2.75, 3.05) is 13.4 Å². The van der Waals surface area contributed by atoms with Gasteiger partial charge in [0.15, 0.2) is 11.6 Å². The minimum atomic E-state index is -0.401. The number of methoxy groups -OCH3 is 1. The first-order valence-corrected chi connectivity index (χ1v) is 4.97. The minimum Gasteiger partial charge on any atom is -0.494 e. The maximum atomic E-state index is 13.5. The SMILES string of the molecule is COc1ccc(CO)c(SC)c1F. The molecule has 0 aliphatic rings. The van der Waals surface area contributed by atoms with Gasteiger partial charge < -0.3 is 9.84 Å². The lowest BCUT2D eigenvalue weighted by Gasteiger charge is -2.09. The predicted molar refractivity (Wildman–Crippen MR) is 50.7 cm³/mol. The van der Waals surface area contributed by atoms with Crippen LogP contribution in [0.25, 0.3) is 0 Å². The van der Waals surface area contributed by atoms with Crippen LogP contribution in [0.4, 0.5) is 4.39 Å². The van der Waals surface area contributed by atoms with Crippen LogP contribution in [0.3, 0.4) is 0 Å². The number of halogens is 1. The van der Waals surface area contributed by atoms with E-state index < -0.39 is 5.82 Å². The summed E-state index contributed by atoms with van der Waals surface area (Å²) in [6.45, 7) is -0.156. The molecule has 0 unspecified atom stereocenters. The molecule has 1 rings (SSSR count). The molecule has 0 aromatic heterocycles. The van der Waals surface area contributed by atoms with Gasteiger partial charge in [0.2, 0.25) is 0 Å². The summed E-state index contributed by atoms with van der Waals surface area (Å²) in [5.41, 5.74) is 0.589. The average Bonchev–Trinajstić information content (AvgIpc) is 2.17. The van der Waals surface area contributed by atoms with Gasteiger partial charge in [-0.15, -0.1) is 11.8 Å². The molecule has 0 radical (unpaired) electrons. The third-order valence-electron chi connectivity index (χ3n) is 1.74. The summed E-state index contributed by atoms with van der Waals surface area (Å²) in [5.74, 6) is -0.192. The highest BCUT2D eigenvalue weighted by atomic mass is 32.2. The number of hydrogen-bond acceptors (Lipinski definition) is 3. The summed E-state index contributed by atoms with van der Waals surface area (Å²) in [7, 11) is 1.42. The van der Waals surface area contributed by atoms with Crippen LogP contribution in [0.1, 0.15) is 5.56 Å². The van der Waals surface area contributed by atoms with Crippen LogP contribution in [0.2, 0.25) is 0 Å². The molecule has 0 saturated heterocycles. The fourth-order valence-electron chi connectivity index (χ4n) is 1.08. The van der Waals surface area contributed by atoms with Crippen LogP contribution >= 0.6 is 11.8 Å². The van der Waals surface area contributed by atoms with Crippen molar-refractivity contribution in [3.63, 3.8) is 0 Å². The van der Waals surface area contributed by atoms with Gasteiger partial charge in [0, 0.05) is 0 Å². The van der Waals surface area contributed by atoms with Gasteiger partial charge in [0.25, 0.3) is 0 Å². The van der Waals surface area contributed by atoms with Crippen molar-refractivity contribution in [2.45, 2.75) is 11.5 Å². The maximum absolute atomic E-state index is 13.5. The molecule has 4 heteroatoms. The van der Waals surface area contributed by atoms with Crippen LogP contribution in [0.15, 0.2) is 17.0 Å². The Bertz CT molecular complexity index is 302. The number of benzene rings is 1. The van der Waals surface area contributed by atoms with Crippen LogP contribution in [-0.4, -0.2) is 18.5 Å². The van der Waals surface area contributed by atoms with Crippen LogP contribution in [-0.2, 0) is 6.61 Å². The summed E-state index contributed by atoms with van der Waals surface area (Å²) < 4.78 is 18.3. The average molecular weight is 202 g/mol. The normalized spacial score (nSPS) is 10.2. The first-order chi connectivity index (χ1) is 6.24. The molecule has 1 aromatic carbocycles. The third kappa shape index (κ3) is 1.95. The van der Waals surface area contributed by atoms with Crippen molar-refractivity contribution < 1.29 is 14.2 Å². The first kappa shape index (κ1) is 10.3. The van der Waals surface area contributed by atoms with E-state index in [1.54, 1.807) is 12.3 Å². The number of rotatable bonds is 3. The Morgan fingerprint density at radius 3 is 2.69 bits per heavy atom. The lowest BCUT2D eigenvalue weighted by Crippen LogP contribution is -1.95. The molecule has 0 bridgehead atoms. The van der Waals surface area contributed by atoms with Gasteiger partial charge in [0.1, 0.15) is 0 Å². The molecule has 1 aromatic rings. The van der Waals surface area contributed by atoms with Gasteiger partial charge in [-0.25, -0.2) is 4.39 Å². The van der Waals surface area contributed by atoms with E-state index in [9.17, 15) is 4.39 Å². The second kappa shape index (κ2) is 4.48. The third-order valence-corrected chi connectivity index (χ3v) is 2.59. The Hall–Kier alpha value is -0.740. The largest absolute Gasteiger partial charge is 0.494 e. The van der Waals surface area contributed by atoms with E-state index in [-0.39, 0.29) is 12.4 Å². The van der Waals surface area contributed by atoms with Gasteiger partial charge in [-0.2, -0.15) is 0 Å². The number of aliphatic hydroxyl groups is 1. The van der Waals surface area contributed by atoms with E-state index >= 15 is 0 Å². The van der Waals surface area contributed by atoms with Gasteiger partial charge in [-0.1, -0.05) is 6.07 Å². The first-order valence-electron chi connectivity index (χ1n) is 3.74. The topological polar surface area (TPSA) is 29.5 Å². The second-order valence-electron chi connectivity index (χ2n) is 2.43. The van der Waals surface area contributed by atoms with Gasteiger partial charge in [0.05, 0.1) is 18.6 Å². The number of aliphatic hydroxyl groups excluding tert-OH is 1. The highest BCUT2D eigenvalue weighted by molar-refractivity contribution is 7.98. The van der Waals surface area contributed by atoms with Crippen LogP contribution in [0, 0.1) is 5.82 Å². The molecule has 0 heterocycles. The molecule has 0 amide bonds. The Morgan fingerprint density at radius 2 is 2.23 bits per heavy atom. The van der Waals surface area contributed by atoms with E-state index in [2.05, 4.69) is 0 Å². The molecular formula is C9H11FO2S. The molecule has 0 aliphatic carbocycles. The molecule has 1 N–H and O–H groups in total. The Kier molecular flexibility index (Phi) is 3.57. The molecule has 0 saturated carbocycles. The highest BCUT2D eigenvalue weighted by Gasteiger charge is 2.11. The molecule has 2 nitrogen and oxygen atoms in total. The van der Waals surface area contributed by atoms with E-state index in [1.165, 1.54) is 24.9 Å². The molecule has 0 fully saturated rings. The molecule has 0 atom stereocenters. The Morgan fingerprint density at radius 1 is 1.54 bits per heavy atom.